The van der Waals surface area contributed by atoms with Crippen LogP contribution >= 0.6 is 31.9 Å². The van der Waals surface area contributed by atoms with Crippen LogP contribution in [0.2, 0.25) is 0 Å². The van der Waals surface area contributed by atoms with E-state index in [1.54, 1.807) is 0 Å². The van der Waals surface area contributed by atoms with Crippen molar-refractivity contribution in [2.24, 2.45) is 0 Å². The summed E-state index contributed by atoms with van der Waals surface area (Å²) in [5.41, 5.74) is 5.54. The quantitative estimate of drug-likeness (QED) is 0.710. The lowest BCUT2D eigenvalue weighted by atomic mass is 10.3. The highest BCUT2D eigenvalue weighted by Gasteiger charge is 2.23. The highest BCUT2D eigenvalue weighted by atomic mass is 79.9. The average molecular weight is 442 g/mol. The molecule has 0 aliphatic carbocycles. The van der Waals surface area contributed by atoms with Crippen LogP contribution in [0.1, 0.15) is 0 Å². The molecule has 21 heavy (non-hydrogen) atoms. The number of sulfonamides is 1. The Hall–Kier alpha value is -1.19. The molecular formula is C12H8Br2F2N2O2S. The number of nitrogens with two attached hydrogens (primary N) is 1. The molecule has 0 saturated carbocycles. The lowest BCUT2D eigenvalue weighted by Crippen LogP contribution is -2.15. The van der Waals surface area contributed by atoms with E-state index in [1.807, 2.05) is 0 Å². The predicted molar refractivity (Wildman–Crippen MR) is 83.4 cm³/mol. The van der Waals surface area contributed by atoms with Gasteiger partial charge >= 0.3 is 0 Å². The third-order valence-corrected chi connectivity index (χ3v) is 5.11. The number of hydrogen-bond donors (Lipinski definition) is 2. The monoisotopic (exact) mass is 440 g/mol. The van der Waals surface area contributed by atoms with Crippen LogP contribution in [0.3, 0.4) is 0 Å². The van der Waals surface area contributed by atoms with Gasteiger partial charge in [-0.2, -0.15) is 0 Å². The van der Waals surface area contributed by atoms with Gasteiger partial charge in [0.15, 0.2) is 5.82 Å². The molecule has 0 spiro atoms. The average Bonchev–Trinajstić information content (AvgIpc) is 2.37. The molecule has 9 heteroatoms. The van der Waals surface area contributed by atoms with Gasteiger partial charge in [-0.05, 0) is 62.2 Å². The van der Waals surface area contributed by atoms with Gasteiger partial charge in [-0.25, -0.2) is 17.2 Å². The fourth-order valence-electron chi connectivity index (χ4n) is 1.55. The van der Waals surface area contributed by atoms with E-state index in [-0.39, 0.29) is 15.8 Å². The molecule has 4 nitrogen and oxygen atoms in total. The molecular weight excluding hydrogens is 434 g/mol. The largest absolute Gasteiger partial charge is 0.399 e. The summed E-state index contributed by atoms with van der Waals surface area (Å²) in [5, 5.41) is 0. The van der Waals surface area contributed by atoms with E-state index in [2.05, 4.69) is 36.6 Å². The molecule has 0 saturated heterocycles. The van der Waals surface area contributed by atoms with Crippen LogP contribution < -0.4 is 10.5 Å². The SMILES string of the molecule is Nc1cc(Br)c(F)c(S(=O)(=O)Nc2cc(F)ccc2Br)c1. The molecule has 2 rings (SSSR count). The van der Waals surface area contributed by atoms with Crippen molar-refractivity contribution in [2.75, 3.05) is 10.5 Å². The number of nitrogen functional groups attached to an aromatic ring is 1. The van der Waals surface area contributed by atoms with Crippen molar-refractivity contribution in [2.45, 2.75) is 4.90 Å². The molecule has 0 unspecified atom stereocenters. The molecule has 0 bridgehead atoms. The van der Waals surface area contributed by atoms with Crippen LogP contribution in [0.25, 0.3) is 0 Å². The van der Waals surface area contributed by atoms with Gasteiger partial charge in [0, 0.05) is 10.2 Å². The van der Waals surface area contributed by atoms with E-state index < -0.39 is 26.6 Å². The highest BCUT2D eigenvalue weighted by molar-refractivity contribution is 9.10. The van der Waals surface area contributed by atoms with Crippen LogP contribution in [0.15, 0.2) is 44.2 Å². The fourth-order valence-corrected chi connectivity index (χ4v) is 3.85. The van der Waals surface area contributed by atoms with Gasteiger partial charge in [-0.1, -0.05) is 0 Å². The topological polar surface area (TPSA) is 72.2 Å². The number of hydrogen-bond acceptors (Lipinski definition) is 3. The van der Waals surface area contributed by atoms with Crippen LogP contribution in [-0.4, -0.2) is 8.42 Å². The van der Waals surface area contributed by atoms with Crippen molar-refractivity contribution >= 4 is 53.3 Å². The number of halogens is 4. The number of anilines is 2. The summed E-state index contributed by atoms with van der Waals surface area (Å²) in [4.78, 5) is -0.634. The zero-order chi connectivity index (χ0) is 15.8. The Bertz CT molecular complexity index is 813. The number of rotatable bonds is 3. The summed E-state index contributed by atoms with van der Waals surface area (Å²) in [7, 11) is -4.26. The molecule has 0 aromatic heterocycles. The minimum atomic E-state index is -4.26. The van der Waals surface area contributed by atoms with Gasteiger partial charge in [0.2, 0.25) is 0 Å². The summed E-state index contributed by atoms with van der Waals surface area (Å²) in [6.45, 7) is 0. The molecule has 0 aliphatic heterocycles. The highest BCUT2D eigenvalue weighted by Crippen LogP contribution is 2.30. The van der Waals surface area contributed by atoms with Gasteiger partial charge in [0.25, 0.3) is 10.0 Å². The third kappa shape index (κ3) is 3.53. The van der Waals surface area contributed by atoms with Gasteiger partial charge < -0.3 is 5.73 Å². The van der Waals surface area contributed by atoms with Gasteiger partial charge in [0.1, 0.15) is 10.7 Å². The maximum Gasteiger partial charge on any atom is 0.264 e. The summed E-state index contributed by atoms with van der Waals surface area (Å²) < 4.78 is 53.9. The molecule has 2 aromatic carbocycles. The van der Waals surface area contributed by atoms with Crippen LogP contribution in [0, 0.1) is 11.6 Å². The Balaban J connectivity index is 2.51. The van der Waals surface area contributed by atoms with Gasteiger partial charge in [-0.3, -0.25) is 4.72 Å². The lowest BCUT2D eigenvalue weighted by Gasteiger charge is -2.12. The number of benzene rings is 2. The van der Waals surface area contributed by atoms with E-state index in [9.17, 15) is 17.2 Å². The second-order valence-corrected chi connectivity index (χ2v) is 7.40. The zero-order valence-electron chi connectivity index (χ0n) is 10.2. The summed E-state index contributed by atoms with van der Waals surface area (Å²) >= 11 is 5.97. The van der Waals surface area contributed by atoms with Crippen molar-refractivity contribution in [3.05, 3.63) is 50.9 Å². The molecule has 2 aromatic rings. The Kier molecular flexibility index (Phi) is 4.54. The van der Waals surface area contributed by atoms with Crippen LogP contribution in [0.5, 0.6) is 0 Å². The Labute approximate surface area is 136 Å². The van der Waals surface area contributed by atoms with Crippen molar-refractivity contribution < 1.29 is 17.2 Å². The second-order valence-electron chi connectivity index (χ2n) is 4.04. The van der Waals surface area contributed by atoms with Crippen molar-refractivity contribution in [1.29, 1.82) is 0 Å². The van der Waals surface area contributed by atoms with Crippen LogP contribution in [-0.2, 0) is 10.0 Å². The van der Waals surface area contributed by atoms with Crippen molar-refractivity contribution in [1.82, 2.24) is 0 Å². The smallest absolute Gasteiger partial charge is 0.264 e. The normalized spacial score (nSPS) is 11.4. The lowest BCUT2D eigenvalue weighted by molar-refractivity contribution is 0.567. The molecule has 0 amide bonds. The molecule has 3 N–H and O–H groups in total. The predicted octanol–water partition coefficient (Wildman–Crippen LogP) is 3.87. The maximum absolute atomic E-state index is 14.0. The second kappa shape index (κ2) is 5.90. The van der Waals surface area contributed by atoms with Crippen LogP contribution in [0.4, 0.5) is 20.2 Å². The Morgan fingerprint density at radius 3 is 2.38 bits per heavy atom. The fraction of sp³-hybridized carbons (Fsp3) is 0. The molecule has 0 heterocycles. The minimum absolute atomic E-state index is 0.0482. The first kappa shape index (κ1) is 16.2. The van der Waals surface area contributed by atoms with Gasteiger partial charge in [-0.15, -0.1) is 0 Å². The molecule has 0 aliphatic rings. The van der Waals surface area contributed by atoms with E-state index in [0.29, 0.717) is 4.47 Å². The standard InChI is InChI=1S/C12H8Br2F2N2O2S/c13-8-2-1-6(15)3-10(8)18-21(19,20)11-5-7(17)4-9(14)12(11)16/h1-5,18H,17H2. The number of nitrogens with one attached hydrogen (secondary N) is 1. The first-order valence-corrected chi connectivity index (χ1v) is 8.50. The zero-order valence-corrected chi connectivity index (χ0v) is 14.2. The maximum atomic E-state index is 14.0. The summed E-state index contributed by atoms with van der Waals surface area (Å²) in [5.74, 6) is -1.62. The van der Waals surface area contributed by atoms with Gasteiger partial charge in [0.05, 0.1) is 10.2 Å². The summed E-state index contributed by atoms with van der Waals surface area (Å²) in [6, 6.07) is 5.68. The van der Waals surface area contributed by atoms with E-state index in [0.717, 1.165) is 18.2 Å². The molecule has 0 radical (unpaired) electrons. The minimum Gasteiger partial charge on any atom is -0.399 e. The first-order chi connectivity index (χ1) is 9.70. The molecule has 112 valence electrons. The first-order valence-electron chi connectivity index (χ1n) is 5.43. The molecule has 0 fully saturated rings. The van der Waals surface area contributed by atoms with Crippen molar-refractivity contribution in [3.63, 3.8) is 0 Å². The Morgan fingerprint density at radius 2 is 1.71 bits per heavy atom. The van der Waals surface area contributed by atoms with E-state index in [4.69, 9.17) is 5.73 Å². The van der Waals surface area contributed by atoms with E-state index in [1.165, 1.54) is 12.1 Å². The third-order valence-electron chi connectivity index (χ3n) is 2.48. The summed E-state index contributed by atoms with van der Waals surface area (Å²) in [6.07, 6.45) is 0. The molecule has 0 atom stereocenters. The van der Waals surface area contributed by atoms with Crippen molar-refractivity contribution in [3.8, 4) is 0 Å². The van der Waals surface area contributed by atoms with E-state index >= 15 is 0 Å². The Morgan fingerprint density at radius 1 is 1.05 bits per heavy atom.